The quantitative estimate of drug-likeness (QED) is 0.740. The van der Waals surface area contributed by atoms with Gasteiger partial charge in [-0.1, -0.05) is 29.8 Å². The molecule has 0 saturated heterocycles. The van der Waals surface area contributed by atoms with Crippen molar-refractivity contribution in [1.29, 1.82) is 0 Å². The molecule has 0 radical (unpaired) electrons. The van der Waals surface area contributed by atoms with Crippen LogP contribution in [0, 0.1) is 0 Å². The Hall–Kier alpha value is -0.520. The van der Waals surface area contributed by atoms with Gasteiger partial charge in [0.2, 0.25) is 5.91 Å². The van der Waals surface area contributed by atoms with Crippen LogP contribution in [0.25, 0.3) is 0 Å². The van der Waals surface area contributed by atoms with Gasteiger partial charge < -0.3 is 10.6 Å². The normalized spacial score (nSPS) is 11.4. The number of rotatable bonds is 8. The highest BCUT2D eigenvalue weighted by atomic mass is 79.9. The predicted molar refractivity (Wildman–Crippen MR) is 92.5 cm³/mol. The Morgan fingerprint density at radius 2 is 1.85 bits per heavy atom. The van der Waals surface area contributed by atoms with Gasteiger partial charge in [0.05, 0.1) is 6.54 Å². The van der Waals surface area contributed by atoms with Crippen molar-refractivity contribution in [2.75, 3.05) is 24.7 Å². The average molecular weight is 359 g/mol. The van der Waals surface area contributed by atoms with Crippen LogP contribution in [0.4, 0.5) is 5.69 Å². The summed E-state index contributed by atoms with van der Waals surface area (Å²) in [6.45, 7) is 5.60. The summed E-state index contributed by atoms with van der Waals surface area (Å²) >= 11 is 5.25. The van der Waals surface area contributed by atoms with Gasteiger partial charge in [0.25, 0.3) is 0 Å². The van der Waals surface area contributed by atoms with Gasteiger partial charge in [-0.15, -0.1) is 0 Å². The summed E-state index contributed by atoms with van der Waals surface area (Å²) in [6, 6.07) is 7.59. The number of amides is 1. The molecule has 0 aliphatic carbocycles. The Kier molecular flexibility index (Phi) is 7.62. The predicted octanol–water partition coefficient (Wildman–Crippen LogP) is 3.90. The first-order valence-corrected chi connectivity index (χ1v) is 8.88. The van der Waals surface area contributed by atoms with E-state index in [-0.39, 0.29) is 10.7 Å². The van der Waals surface area contributed by atoms with E-state index >= 15 is 0 Å². The van der Waals surface area contributed by atoms with E-state index in [2.05, 4.69) is 46.7 Å². The molecule has 0 fully saturated rings. The van der Waals surface area contributed by atoms with Gasteiger partial charge in [0.1, 0.15) is 0 Å². The Balaban J connectivity index is 2.38. The molecule has 0 spiro atoms. The first kappa shape index (κ1) is 17.5. The number of hydrogen-bond donors (Lipinski definition) is 2. The number of halogens is 1. The lowest BCUT2D eigenvalue weighted by Crippen LogP contribution is -2.40. The topological polar surface area (TPSA) is 41.1 Å². The number of carbonyl (C=O) groups is 1. The minimum atomic E-state index is -0.00506. The minimum absolute atomic E-state index is 0.00506. The molecule has 1 amide bonds. The molecule has 0 aliphatic heterocycles. The molecule has 0 saturated carbocycles. The van der Waals surface area contributed by atoms with Crippen molar-refractivity contribution in [3.05, 3.63) is 28.7 Å². The lowest BCUT2D eigenvalue weighted by atomic mass is 10.0. The summed E-state index contributed by atoms with van der Waals surface area (Å²) < 4.78 is 1.24. The fourth-order valence-corrected chi connectivity index (χ4v) is 3.09. The summed E-state index contributed by atoms with van der Waals surface area (Å²) in [5.74, 6) is -0.00506. The van der Waals surface area contributed by atoms with Crippen molar-refractivity contribution < 1.29 is 4.79 Å². The lowest BCUT2D eigenvalue weighted by molar-refractivity contribution is -0.115. The molecule has 0 aromatic heterocycles. The minimum Gasteiger partial charge on any atom is -0.325 e. The van der Waals surface area contributed by atoms with Crippen molar-refractivity contribution >= 4 is 39.3 Å². The van der Waals surface area contributed by atoms with E-state index in [1.165, 1.54) is 0 Å². The molecule has 1 rings (SSSR count). The second-order valence-corrected chi connectivity index (χ2v) is 6.94. The van der Waals surface area contributed by atoms with Crippen LogP contribution in [0.3, 0.4) is 0 Å². The molecular weight excluding hydrogens is 336 g/mol. The lowest BCUT2D eigenvalue weighted by Gasteiger charge is -2.29. The maximum atomic E-state index is 11.9. The Morgan fingerprint density at radius 3 is 2.35 bits per heavy atom. The monoisotopic (exact) mass is 358 g/mol. The first-order chi connectivity index (χ1) is 9.55. The number of anilines is 1. The van der Waals surface area contributed by atoms with Gasteiger partial charge in [-0.2, -0.15) is 11.8 Å². The molecule has 0 bridgehead atoms. The van der Waals surface area contributed by atoms with Gasteiger partial charge in [0, 0.05) is 21.5 Å². The average Bonchev–Trinajstić information content (AvgIpc) is 2.47. The number of thioether (sulfide) groups is 1. The number of carbonyl (C=O) groups excluding carboxylic acids is 1. The van der Waals surface area contributed by atoms with Crippen LogP contribution in [0.15, 0.2) is 28.7 Å². The van der Waals surface area contributed by atoms with Gasteiger partial charge >= 0.3 is 0 Å². The molecule has 3 nitrogen and oxygen atoms in total. The molecule has 5 heteroatoms. The van der Waals surface area contributed by atoms with Crippen LogP contribution in [-0.2, 0) is 4.79 Å². The molecule has 1 aromatic rings. The Morgan fingerprint density at radius 1 is 1.25 bits per heavy atom. The highest BCUT2D eigenvalue weighted by Gasteiger charge is 2.24. The zero-order chi connectivity index (χ0) is 15.0. The van der Waals surface area contributed by atoms with Gasteiger partial charge in [-0.3, -0.25) is 4.79 Å². The number of nitrogens with one attached hydrogen (secondary N) is 2. The van der Waals surface area contributed by atoms with E-state index in [9.17, 15) is 4.79 Å². The van der Waals surface area contributed by atoms with E-state index in [1.807, 2.05) is 36.0 Å². The highest BCUT2D eigenvalue weighted by molar-refractivity contribution is 9.10. The molecule has 0 atom stereocenters. The van der Waals surface area contributed by atoms with Crippen LogP contribution < -0.4 is 10.6 Å². The zero-order valence-corrected chi connectivity index (χ0v) is 14.7. The Labute approximate surface area is 134 Å². The third-order valence-electron chi connectivity index (χ3n) is 3.58. The van der Waals surface area contributed by atoms with Crippen molar-refractivity contribution in [3.8, 4) is 0 Å². The maximum Gasteiger partial charge on any atom is 0.238 e. The maximum absolute atomic E-state index is 11.9. The smallest absolute Gasteiger partial charge is 0.238 e. The van der Waals surface area contributed by atoms with Crippen molar-refractivity contribution in [2.45, 2.75) is 31.4 Å². The van der Waals surface area contributed by atoms with E-state index in [0.717, 1.165) is 29.5 Å². The number of benzene rings is 1. The fourth-order valence-electron chi connectivity index (χ4n) is 2.00. The summed E-state index contributed by atoms with van der Waals surface area (Å²) in [6.07, 6.45) is 4.34. The van der Waals surface area contributed by atoms with Crippen LogP contribution in [-0.4, -0.2) is 30.0 Å². The molecule has 0 unspecified atom stereocenters. The largest absolute Gasteiger partial charge is 0.325 e. The molecule has 0 aliphatic rings. The van der Waals surface area contributed by atoms with E-state index < -0.39 is 0 Å². The SMILES string of the molecule is CCC(CC)(CNCC(=O)Nc1ccc(Br)cc1)SC. The van der Waals surface area contributed by atoms with E-state index in [4.69, 9.17) is 0 Å². The molecular formula is C15H23BrN2OS. The molecule has 112 valence electrons. The molecule has 20 heavy (non-hydrogen) atoms. The van der Waals surface area contributed by atoms with Crippen molar-refractivity contribution in [3.63, 3.8) is 0 Å². The van der Waals surface area contributed by atoms with E-state index in [0.29, 0.717) is 6.54 Å². The summed E-state index contributed by atoms with van der Waals surface area (Å²) in [4.78, 5) is 11.9. The third kappa shape index (κ3) is 5.46. The van der Waals surface area contributed by atoms with Gasteiger partial charge in [-0.25, -0.2) is 0 Å². The second kappa shape index (κ2) is 8.70. The second-order valence-electron chi connectivity index (χ2n) is 4.75. The fraction of sp³-hybridized carbons (Fsp3) is 0.533. The van der Waals surface area contributed by atoms with Crippen LogP contribution in [0.5, 0.6) is 0 Å². The van der Waals surface area contributed by atoms with Crippen LogP contribution in [0.2, 0.25) is 0 Å². The molecule has 0 heterocycles. The summed E-state index contributed by atoms with van der Waals surface area (Å²) in [7, 11) is 0. The third-order valence-corrected chi connectivity index (χ3v) is 5.70. The Bertz CT molecular complexity index is 410. The molecule has 1 aromatic carbocycles. The summed E-state index contributed by atoms with van der Waals surface area (Å²) in [5, 5.41) is 6.15. The highest BCUT2D eigenvalue weighted by Crippen LogP contribution is 2.29. The van der Waals surface area contributed by atoms with E-state index in [1.54, 1.807) is 0 Å². The summed E-state index contributed by atoms with van der Waals surface area (Å²) in [5.41, 5.74) is 0.821. The van der Waals surface area contributed by atoms with Crippen LogP contribution in [0.1, 0.15) is 26.7 Å². The molecule has 2 N–H and O–H groups in total. The van der Waals surface area contributed by atoms with Gasteiger partial charge in [0.15, 0.2) is 0 Å². The standard InChI is InChI=1S/C15H23BrN2OS/c1-4-15(5-2,20-3)11-17-10-14(19)18-13-8-6-12(16)7-9-13/h6-9,17H,4-5,10-11H2,1-3H3,(H,18,19). The van der Waals surface area contributed by atoms with Crippen molar-refractivity contribution in [1.82, 2.24) is 5.32 Å². The van der Waals surface area contributed by atoms with Crippen molar-refractivity contribution in [2.24, 2.45) is 0 Å². The van der Waals surface area contributed by atoms with Gasteiger partial charge in [-0.05, 0) is 43.4 Å². The number of hydrogen-bond acceptors (Lipinski definition) is 3. The first-order valence-electron chi connectivity index (χ1n) is 6.86. The van der Waals surface area contributed by atoms with Crippen LogP contribution >= 0.6 is 27.7 Å². The zero-order valence-electron chi connectivity index (χ0n) is 12.3.